The van der Waals surface area contributed by atoms with Crippen molar-refractivity contribution in [2.45, 2.75) is 13.5 Å². The second-order valence-corrected chi connectivity index (χ2v) is 5.32. The molecule has 0 saturated carbocycles. The Morgan fingerprint density at radius 1 is 1.33 bits per heavy atom. The molecule has 3 N–H and O–H groups in total. The van der Waals surface area contributed by atoms with E-state index in [-0.39, 0.29) is 12.3 Å². The monoisotopic (exact) mass is 351 g/mol. The molecule has 0 spiro atoms. The fourth-order valence-corrected chi connectivity index (χ4v) is 2.44. The van der Waals surface area contributed by atoms with Crippen molar-refractivity contribution < 1.29 is 9.66 Å². The van der Waals surface area contributed by atoms with Crippen LogP contribution in [-0.4, -0.2) is 4.92 Å². The molecule has 6 nitrogen and oxygen atoms in total. The Kier molecular flexibility index (Phi) is 4.77. The van der Waals surface area contributed by atoms with Crippen LogP contribution < -0.4 is 16.0 Å². The van der Waals surface area contributed by atoms with Crippen LogP contribution in [0, 0.1) is 17.0 Å². The molecule has 0 heterocycles. The van der Waals surface area contributed by atoms with Crippen LogP contribution in [0.25, 0.3) is 0 Å². The lowest BCUT2D eigenvalue weighted by molar-refractivity contribution is -0.384. The van der Waals surface area contributed by atoms with E-state index in [0.29, 0.717) is 17.0 Å². The van der Waals surface area contributed by atoms with Gasteiger partial charge in [0.1, 0.15) is 12.4 Å². The van der Waals surface area contributed by atoms with Gasteiger partial charge in [0.05, 0.1) is 15.1 Å². The molecule has 2 aromatic carbocycles. The topological polar surface area (TPSA) is 90.4 Å². The molecule has 2 rings (SSSR count). The lowest BCUT2D eigenvalue weighted by atomic mass is 10.1. The zero-order valence-corrected chi connectivity index (χ0v) is 12.9. The maximum Gasteiger partial charge on any atom is 0.269 e. The highest BCUT2D eigenvalue weighted by atomic mass is 79.9. The minimum absolute atomic E-state index is 0.00410. The van der Waals surface area contributed by atoms with Crippen molar-refractivity contribution in [3.8, 4) is 5.75 Å². The number of benzene rings is 2. The Balaban J connectivity index is 2.22. The number of anilines is 1. The summed E-state index contributed by atoms with van der Waals surface area (Å²) in [5, 5.41) is 10.8. The molecule has 0 amide bonds. The number of non-ortho nitro benzene ring substituents is 1. The van der Waals surface area contributed by atoms with Crippen LogP contribution in [0.4, 0.5) is 11.4 Å². The number of ether oxygens (including phenoxy) is 1. The Bertz CT molecular complexity index is 677. The maximum absolute atomic E-state index is 10.8. The van der Waals surface area contributed by atoms with Gasteiger partial charge in [0, 0.05) is 17.7 Å². The number of nitro groups is 1. The Labute approximate surface area is 130 Å². The van der Waals surface area contributed by atoms with Gasteiger partial charge in [-0.25, -0.2) is 0 Å². The number of hydrogen-bond acceptors (Lipinski definition) is 5. The Hall–Kier alpha value is -2.12. The number of nitrogens with zero attached hydrogens (tertiary/aromatic N) is 1. The molecule has 0 fully saturated rings. The van der Waals surface area contributed by atoms with E-state index in [4.69, 9.17) is 10.6 Å². The van der Waals surface area contributed by atoms with Gasteiger partial charge in [0.2, 0.25) is 0 Å². The summed E-state index contributed by atoms with van der Waals surface area (Å²) in [5.41, 5.74) is 4.81. The van der Waals surface area contributed by atoms with Gasteiger partial charge in [-0.05, 0) is 46.6 Å². The molecule has 0 unspecified atom stereocenters. The van der Waals surface area contributed by atoms with Gasteiger partial charge in [0.15, 0.2) is 0 Å². The summed E-state index contributed by atoms with van der Waals surface area (Å²) in [4.78, 5) is 10.4. The maximum atomic E-state index is 10.8. The minimum Gasteiger partial charge on any atom is -0.488 e. The molecule has 110 valence electrons. The number of nitro benzene ring substituents is 1. The smallest absolute Gasteiger partial charge is 0.269 e. The lowest BCUT2D eigenvalue weighted by Gasteiger charge is -2.12. The quantitative estimate of drug-likeness (QED) is 0.488. The third-order valence-electron chi connectivity index (χ3n) is 2.93. The average molecular weight is 352 g/mol. The molecular formula is C14H14BrN3O3. The third kappa shape index (κ3) is 3.71. The molecular weight excluding hydrogens is 338 g/mol. The fraction of sp³-hybridized carbons (Fsp3) is 0.143. The van der Waals surface area contributed by atoms with E-state index < -0.39 is 4.92 Å². The van der Waals surface area contributed by atoms with Gasteiger partial charge in [-0.15, -0.1) is 0 Å². The van der Waals surface area contributed by atoms with Crippen LogP contribution in [-0.2, 0) is 6.61 Å². The van der Waals surface area contributed by atoms with Gasteiger partial charge in [-0.2, -0.15) is 0 Å². The van der Waals surface area contributed by atoms with Crippen LogP contribution in [0.2, 0.25) is 0 Å². The molecule has 0 aliphatic rings. The van der Waals surface area contributed by atoms with Gasteiger partial charge in [0.25, 0.3) is 5.69 Å². The first kappa shape index (κ1) is 15.3. The highest BCUT2D eigenvalue weighted by Gasteiger charge is 2.11. The van der Waals surface area contributed by atoms with Gasteiger partial charge < -0.3 is 10.2 Å². The molecule has 0 aliphatic heterocycles. The number of hydrogen-bond donors (Lipinski definition) is 2. The predicted octanol–water partition coefficient (Wildman–Crippen LogP) is 3.53. The SMILES string of the molecule is Cc1ccc(OCc2cc([N+](=O)[O-])ccc2NN)c(Br)c1. The van der Waals surface area contributed by atoms with Crippen molar-refractivity contribution in [2.24, 2.45) is 5.84 Å². The highest BCUT2D eigenvalue weighted by molar-refractivity contribution is 9.10. The summed E-state index contributed by atoms with van der Waals surface area (Å²) in [6.45, 7) is 2.15. The molecule has 21 heavy (non-hydrogen) atoms. The van der Waals surface area contributed by atoms with Crippen LogP contribution in [0.3, 0.4) is 0 Å². The van der Waals surface area contributed by atoms with E-state index in [1.165, 1.54) is 12.1 Å². The largest absolute Gasteiger partial charge is 0.488 e. The summed E-state index contributed by atoms with van der Waals surface area (Å²) in [7, 11) is 0. The molecule has 2 aromatic rings. The summed E-state index contributed by atoms with van der Waals surface area (Å²) < 4.78 is 6.52. The molecule has 0 saturated heterocycles. The predicted molar refractivity (Wildman–Crippen MR) is 84.1 cm³/mol. The summed E-state index contributed by atoms with van der Waals surface area (Å²) in [6, 6.07) is 10.1. The van der Waals surface area contributed by atoms with E-state index in [9.17, 15) is 10.1 Å². The first-order valence-electron chi connectivity index (χ1n) is 6.14. The molecule has 0 atom stereocenters. The van der Waals surface area contributed by atoms with Crippen molar-refractivity contribution in [3.05, 3.63) is 62.1 Å². The molecule has 7 heteroatoms. The summed E-state index contributed by atoms with van der Waals surface area (Å²) >= 11 is 3.42. The number of nitrogens with one attached hydrogen (secondary N) is 1. The Morgan fingerprint density at radius 2 is 2.10 bits per heavy atom. The number of nitrogen functional groups attached to an aromatic ring is 1. The van der Waals surface area contributed by atoms with Gasteiger partial charge in [-0.3, -0.25) is 16.0 Å². The normalized spacial score (nSPS) is 10.2. The standard InChI is InChI=1S/C14H14BrN3O3/c1-9-2-5-14(12(15)6-9)21-8-10-7-11(18(19)20)3-4-13(10)17-16/h2-7,17H,8,16H2,1H3. The summed E-state index contributed by atoms with van der Waals surface area (Å²) in [5.74, 6) is 6.07. The van der Waals surface area contributed by atoms with E-state index in [2.05, 4.69) is 21.4 Å². The highest BCUT2D eigenvalue weighted by Crippen LogP contribution is 2.28. The summed E-state index contributed by atoms with van der Waals surface area (Å²) in [6.07, 6.45) is 0. The van der Waals surface area contributed by atoms with Crippen LogP contribution >= 0.6 is 15.9 Å². The number of hydrazine groups is 1. The van der Waals surface area contributed by atoms with E-state index >= 15 is 0 Å². The van der Waals surface area contributed by atoms with Crippen molar-refractivity contribution in [1.82, 2.24) is 0 Å². The van der Waals surface area contributed by atoms with Crippen LogP contribution in [0.15, 0.2) is 40.9 Å². The number of aryl methyl sites for hydroxylation is 1. The zero-order valence-electron chi connectivity index (χ0n) is 11.3. The van der Waals surface area contributed by atoms with E-state index in [1.807, 2.05) is 25.1 Å². The molecule has 0 aliphatic carbocycles. The van der Waals surface area contributed by atoms with Gasteiger partial charge >= 0.3 is 0 Å². The fourth-order valence-electron chi connectivity index (χ4n) is 1.83. The Morgan fingerprint density at radius 3 is 2.71 bits per heavy atom. The number of nitrogens with two attached hydrogens (primary N) is 1. The number of halogens is 1. The minimum atomic E-state index is -0.453. The molecule has 0 radical (unpaired) electrons. The van der Waals surface area contributed by atoms with Crippen molar-refractivity contribution in [2.75, 3.05) is 5.43 Å². The zero-order chi connectivity index (χ0) is 15.4. The third-order valence-corrected chi connectivity index (χ3v) is 3.55. The molecule has 0 bridgehead atoms. The number of rotatable bonds is 5. The van der Waals surface area contributed by atoms with Crippen molar-refractivity contribution in [1.29, 1.82) is 0 Å². The lowest BCUT2D eigenvalue weighted by Crippen LogP contribution is -2.11. The first-order chi connectivity index (χ1) is 10.0. The van der Waals surface area contributed by atoms with Crippen LogP contribution in [0.5, 0.6) is 5.75 Å². The second kappa shape index (κ2) is 6.55. The van der Waals surface area contributed by atoms with Crippen molar-refractivity contribution >= 4 is 27.3 Å². The second-order valence-electron chi connectivity index (χ2n) is 4.47. The van der Waals surface area contributed by atoms with Crippen molar-refractivity contribution in [3.63, 3.8) is 0 Å². The average Bonchev–Trinajstić information content (AvgIpc) is 2.46. The van der Waals surface area contributed by atoms with Gasteiger partial charge in [-0.1, -0.05) is 6.07 Å². The molecule has 0 aromatic heterocycles. The first-order valence-corrected chi connectivity index (χ1v) is 6.93. The van der Waals surface area contributed by atoms with Crippen LogP contribution in [0.1, 0.15) is 11.1 Å². The van der Waals surface area contributed by atoms with E-state index in [1.54, 1.807) is 6.07 Å². The van der Waals surface area contributed by atoms with E-state index in [0.717, 1.165) is 10.0 Å².